The van der Waals surface area contributed by atoms with Crippen LogP contribution in [0.25, 0.3) is 0 Å². The molecule has 4 aromatic carbocycles. The van der Waals surface area contributed by atoms with Crippen LogP contribution in [0.5, 0.6) is 11.5 Å². The molecule has 3 N–H and O–H groups in total. The van der Waals surface area contributed by atoms with E-state index < -0.39 is 26.0 Å². The van der Waals surface area contributed by atoms with E-state index in [1.165, 1.54) is 62.8 Å². The minimum atomic E-state index is -4.12. The predicted molar refractivity (Wildman–Crippen MR) is 163 cm³/mol. The van der Waals surface area contributed by atoms with E-state index in [1.54, 1.807) is 31.2 Å². The Bertz CT molecular complexity index is 1860. The van der Waals surface area contributed by atoms with Crippen molar-refractivity contribution in [2.24, 2.45) is 0 Å². The van der Waals surface area contributed by atoms with E-state index in [0.29, 0.717) is 11.4 Å². The summed E-state index contributed by atoms with van der Waals surface area (Å²) in [6.45, 7) is 3.66. The third-order valence-corrected chi connectivity index (χ3v) is 9.64. The van der Waals surface area contributed by atoms with E-state index in [4.69, 9.17) is 21.1 Å². The summed E-state index contributed by atoms with van der Waals surface area (Å²) in [4.78, 5) is 12.7. The summed E-state index contributed by atoms with van der Waals surface area (Å²) in [7, 11) is -5.22. The Morgan fingerprint density at radius 2 is 1.45 bits per heavy atom. The molecule has 4 rings (SSSR count). The summed E-state index contributed by atoms with van der Waals surface area (Å²) >= 11 is 6.21. The van der Waals surface area contributed by atoms with Gasteiger partial charge in [0, 0.05) is 17.3 Å². The van der Waals surface area contributed by atoms with Gasteiger partial charge < -0.3 is 14.8 Å². The van der Waals surface area contributed by atoms with Gasteiger partial charge in [0.1, 0.15) is 16.4 Å². The third kappa shape index (κ3) is 6.78. The van der Waals surface area contributed by atoms with Gasteiger partial charge in [-0.2, -0.15) is 0 Å². The van der Waals surface area contributed by atoms with Crippen molar-refractivity contribution in [3.8, 4) is 11.5 Å². The van der Waals surface area contributed by atoms with E-state index in [2.05, 4.69) is 14.8 Å². The molecular weight excluding hydrogens is 602 g/mol. The average Bonchev–Trinajstić information content (AvgIpc) is 2.95. The van der Waals surface area contributed by atoms with E-state index in [-0.39, 0.29) is 37.5 Å². The molecule has 0 aliphatic rings. The number of methoxy groups -OCH3 is 2. The molecule has 0 saturated carbocycles. The van der Waals surface area contributed by atoms with Crippen molar-refractivity contribution in [2.45, 2.75) is 23.6 Å². The van der Waals surface area contributed by atoms with Crippen molar-refractivity contribution >= 4 is 54.6 Å². The highest BCUT2D eigenvalue weighted by atomic mass is 35.5. The second kappa shape index (κ2) is 12.3. The number of rotatable bonds is 10. The maximum absolute atomic E-state index is 13.1. The molecule has 0 aliphatic carbocycles. The van der Waals surface area contributed by atoms with Crippen LogP contribution in [0.15, 0.2) is 88.7 Å². The van der Waals surface area contributed by atoms with Gasteiger partial charge in [-0.1, -0.05) is 23.7 Å². The molecule has 220 valence electrons. The second-order valence-corrected chi connectivity index (χ2v) is 12.9. The first-order valence-corrected chi connectivity index (χ1v) is 15.7. The van der Waals surface area contributed by atoms with E-state index in [9.17, 15) is 21.6 Å². The summed E-state index contributed by atoms with van der Waals surface area (Å²) < 4.78 is 67.6. The molecule has 4 aromatic rings. The Morgan fingerprint density at radius 1 is 0.762 bits per heavy atom. The number of benzene rings is 4. The Labute approximate surface area is 249 Å². The quantitative estimate of drug-likeness (QED) is 0.201. The normalized spacial score (nSPS) is 11.5. The van der Waals surface area contributed by atoms with Crippen molar-refractivity contribution in [3.63, 3.8) is 0 Å². The van der Waals surface area contributed by atoms with Gasteiger partial charge >= 0.3 is 0 Å². The molecule has 0 bridgehead atoms. The Hall–Kier alpha value is -4.26. The number of carbonyl (C=O) groups excluding carboxylic acids is 1. The van der Waals surface area contributed by atoms with Gasteiger partial charge in [-0.05, 0) is 85.6 Å². The van der Waals surface area contributed by atoms with Crippen molar-refractivity contribution in [2.75, 3.05) is 29.0 Å². The highest BCUT2D eigenvalue weighted by molar-refractivity contribution is 7.93. The molecule has 1 amide bonds. The monoisotopic (exact) mass is 629 g/mol. The standard InChI is InChI=1S/C29H28ClN3O7S2/c1-18-6-5-7-25(19(18)2)32-42(37,38)28-16-20(8-14-24(28)30)29(34)31-21-9-12-23(13-10-21)41(35,36)33-26-15-11-22(39-3)17-27(26)40-4/h5-17,32-33H,1-4H3,(H,31,34). The second-order valence-electron chi connectivity index (χ2n) is 9.15. The predicted octanol–water partition coefficient (Wildman–Crippen LogP) is 5.83. The molecule has 0 heterocycles. The highest BCUT2D eigenvalue weighted by Gasteiger charge is 2.22. The Kier molecular flexibility index (Phi) is 9.00. The van der Waals surface area contributed by atoms with Gasteiger partial charge in [-0.25, -0.2) is 16.8 Å². The number of nitrogens with one attached hydrogen (secondary N) is 3. The van der Waals surface area contributed by atoms with Crippen LogP contribution in [-0.4, -0.2) is 37.0 Å². The van der Waals surface area contributed by atoms with Crippen LogP contribution in [-0.2, 0) is 20.0 Å². The number of halogens is 1. The van der Waals surface area contributed by atoms with Crippen molar-refractivity contribution in [1.29, 1.82) is 0 Å². The summed E-state index contributed by atoms with van der Waals surface area (Å²) in [5.74, 6) is 0.153. The van der Waals surface area contributed by atoms with Gasteiger partial charge in [-0.3, -0.25) is 14.2 Å². The SMILES string of the molecule is COc1ccc(NS(=O)(=O)c2ccc(NC(=O)c3ccc(Cl)c(S(=O)(=O)Nc4cccc(C)c4C)c3)cc2)c(OC)c1. The first kappa shape index (κ1) is 30.7. The topological polar surface area (TPSA) is 140 Å². The zero-order chi connectivity index (χ0) is 30.7. The molecule has 10 nitrogen and oxygen atoms in total. The number of anilines is 3. The molecule has 0 aliphatic heterocycles. The first-order valence-electron chi connectivity index (χ1n) is 12.4. The van der Waals surface area contributed by atoms with Gasteiger partial charge in [0.2, 0.25) is 0 Å². The fraction of sp³-hybridized carbons (Fsp3) is 0.138. The molecule has 0 atom stereocenters. The van der Waals surface area contributed by atoms with Crippen LogP contribution in [0.3, 0.4) is 0 Å². The zero-order valence-electron chi connectivity index (χ0n) is 23.1. The molecule has 0 radical (unpaired) electrons. The van der Waals surface area contributed by atoms with Gasteiger partial charge in [-0.15, -0.1) is 0 Å². The van der Waals surface area contributed by atoms with E-state index in [1.807, 2.05) is 13.0 Å². The smallest absolute Gasteiger partial charge is 0.263 e. The van der Waals surface area contributed by atoms with E-state index >= 15 is 0 Å². The van der Waals surface area contributed by atoms with Crippen LogP contribution >= 0.6 is 11.6 Å². The zero-order valence-corrected chi connectivity index (χ0v) is 25.4. The Morgan fingerprint density at radius 3 is 2.12 bits per heavy atom. The summed E-state index contributed by atoms with van der Waals surface area (Å²) in [5, 5.41) is 2.58. The van der Waals surface area contributed by atoms with Crippen LogP contribution in [0.2, 0.25) is 5.02 Å². The van der Waals surface area contributed by atoms with Crippen LogP contribution in [0.4, 0.5) is 17.1 Å². The molecular formula is C29H28ClN3O7S2. The molecule has 0 unspecified atom stereocenters. The number of sulfonamides is 2. The maximum atomic E-state index is 13.1. The lowest BCUT2D eigenvalue weighted by atomic mass is 10.1. The van der Waals surface area contributed by atoms with Crippen molar-refractivity contribution in [1.82, 2.24) is 0 Å². The average molecular weight is 630 g/mol. The largest absolute Gasteiger partial charge is 0.497 e. The van der Waals surface area contributed by atoms with Crippen molar-refractivity contribution < 1.29 is 31.1 Å². The summed E-state index contributed by atoms with van der Waals surface area (Å²) in [6.07, 6.45) is 0. The lowest BCUT2D eigenvalue weighted by molar-refractivity contribution is 0.102. The lowest BCUT2D eigenvalue weighted by Crippen LogP contribution is -2.17. The molecule has 0 fully saturated rings. The van der Waals surface area contributed by atoms with Crippen molar-refractivity contribution in [3.05, 3.63) is 101 Å². The number of ether oxygens (including phenoxy) is 2. The van der Waals surface area contributed by atoms with Crippen LogP contribution in [0, 0.1) is 13.8 Å². The number of aryl methyl sites for hydroxylation is 1. The summed E-state index contributed by atoms with van der Waals surface area (Å²) in [6, 6.07) is 19.2. The van der Waals surface area contributed by atoms with Crippen LogP contribution in [0.1, 0.15) is 21.5 Å². The molecule has 0 saturated heterocycles. The minimum absolute atomic E-state index is 0.0331. The van der Waals surface area contributed by atoms with E-state index in [0.717, 1.165) is 11.1 Å². The minimum Gasteiger partial charge on any atom is -0.497 e. The fourth-order valence-corrected chi connectivity index (χ4v) is 6.64. The number of carbonyl (C=O) groups is 1. The fourth-order valence-electron chi connectivity index (χ4n) is 3.92. The number of hydrogen-bond acceptors (Lipinski definition) is 7. The molecule has 13 heteroatoms. The van der Waals surface area contributed by atoms with Gasteiger partial charge in [0.05, 0.1) is 35.5 Å². The number of hydrogen-bond donors (Lipinski definition) is 3. The lowest BCUT2D eigenvalue weighted by Gasteiger charge is -2.14. The molecule has 0 spiro atoms. The van der Waals surface area contributed by atoms with Gasteiger partial charge in [0.25, 0.3) is 26.0 Å². The number of amides is 1. The highest BCUT2D eigenvalue weighted by Crippen LogP contribution is 2.31. The Balaban J connectivity index is 1.51. The van der Waals surface area contributed by atoms with Gasteiger partial charge in [0.15, 0.2) is 0 Å². The maximum Gasteiger partial charge on any atom is 0.263 e. The summed E-state index contributed by atoms with van der Waals surface area (Å²) in [5.41, 5.74) is 2.60. The molecule has 42 heavy (non-hydrogen) atoms. The molecule has 0 aromatic heterocycles. The third-order valence-electron chi connectivity index (χ3n) is 6.41. The van der Waals surface area contributed by atoms with Crippen LogP contribution < -0.4 is 24.2 Å². The first-order chi connectivity index (χ1) is 19.8.